The number of nitro benzene ring substituents is 1. The van der Waals surface area contributed by atoms with Crippen LogP contribution in [0.3, 0.4) is 0 Å². The fraction of sp³-hybridized carbons (Fsp3) is 0.222. The van der Waals surface area contributed by atoms with Gasteiger partial charge in [-0.05, 0) is 17.8 Å². The van der Waals surface area contributed by atoms with Crippen LogP contribution < -0.4 is 11.1 Å². The molecule has 1 aromatic carbocycles. The van der Waals surface area contributed by atoms with E-state index in [0.717, 1.165) is 0 Å². The van der Waals surface area contributed by atoms with Crippen molar-refractivity contribution in [3.05, 3.63) is 39.9 Å². The average molecular weight is 241 g/mol. The van der Waals surface area contributed by atoms with Gasteiger partial charge in [0.2, 0.25) is 0 Å². The zero-order valence-electron chi connectivity index (χ0n) is 8.29. The first-order chi connectivity index (χ1) is 7.54. The lowest BCUT2D eigenvalue weighted by atomic mass is 10.1. The molecular weight excluding hydrogens is 230 g/mol. The predicted octanol–water partition coefficient (Wildman–Crippen LogP) is 0.461. The molecule has 0 aliphatic carbocycles. The highest BCUT2D eigenvalue weighted by atomic mass is 32.1. The molecule has 86 valence electrons. The number of non-ortho nitro benzene ring substituents is 1. The molecule has 0 heterocycles. The molecule has 0 saturated heterocycles. The Morgan fingerprint density at radius 2 is 2.38 bits per heavy atom. The van der Waals surface area contributed by atoms with E-state index < -0.39 is 11.0 Å². The maximum absolute atomic E-state index is 10.6. The highest BCUT2D eigenvalue weighted by Gasteiger charge is 2.14. The molecule has 16 heavy (non-hydrogen) atoms. The summed E-state index contributed by atoms with van der Waals surface area (Å²) in [6.07, 6.45) is 0. The first kappa shape index (κ1) is 12.3. The molecule has 0 aliphatic heterocycles. The van der Waals surface area contributed by atoms with Crippen LogP contribution >= 0.6 is 12.2 Å². The van der Waals surface area contributed by atoms with Gasteiger partial charge in [0.25, 0.3) is 5.69 Å². The van der Waals surface area contributed by atoms with Crippen LogP contribution in [0.1, 0.15) is 11.6 Å². The summed E-state index contributed by atoms with van der Waals surface area (Å²) < 4.78 is 0. The van der Waals surface area contributed by atoms with E-state index in [-0.39, 0.29) is 17.4 Å². The van der Waals surface area contributed by atoms with Gasteiger partial charge in [-0.25, -0.2) is 0 Å². The Labute approximate surface area is 97.2 Å². The van der Waals surface area contributed by atoms with E-state index in [4.69, 9.17) is 10.8 Å². The van der Waals surface area contributed by atoms with Gasteiger partial charge in [0.15, 0.2) is 5.11 Å². The van der Waals surface area contributed by atoms with Gasteiger partial charge in [-0.1, -0.05) is 12.1 Å². The van der Waals surface area contributed by atoms with Crippen molar-refractivity contribution in [2.24, 2.45) is 5.73 Å². The third-order valence-corrected chi connectivity index (χ3v) is 2.10. The second kappa shape index (κ2) is 5.38. The summed E-state index contributed by atoms with van der Waals surface area (Å²) >= 11 is 4.64. The fourth-order valence-corrected chi connectivity index (χ4v) is 1.40. The second-order valence-corrected chi connectivity index (χ2v) is 3.54. The van der Waals surface area contributed by atoms with Crippen LogP contribution in [-0.4, -0.2) is 21.7 Å². The number of hydrogen-bond acceptors (Lipinski definition) is 4. The summed E-state index contributed by atoms with van der Waals surface area (Å²) in [6.45, 7) is -0.251. The summed E-state index contributed by atoms with van der Waals surface area (Å²) in [6, 6.07) is 5.40. The van der Waals surface area contributed by atoms with Gasteiger partial charge in [-0.15, -0.1) is 0 Å². The van der Waals surface area contributed by atoms with Gasteiger partial charge in [-0.2, -0.15) is 0 Å². The topological polar surface area (TPSA) is 101 Å². The summed E-state index contributed by atoms with van der Waals surface area (Å²) in [5.74, 6) is 0. The lowest BCUT2D eigenvalue weighted by Gasteiger charge is -2.16. The first-order valence-corrected chi connectivity index (χ1v) is 4.86. The number of nitrogens with two attached hydrogens (primary N) is 1. The van der Waals surface area contributed by atoms with Crippen molar-refractivity contribution in [1.29, 1.82) is 0 Å². The van der Waals surface area contributed by atoms with Crippen molar-refractivity contribution < 1.29 is 10.0 Å². The number of nitrogens with zero attached hydrogens (tertiary/aromatic N) is 1. The molecule has 0 aliphatic rings. The first-order valence-electron chi connectivity index (χ1n) is 4.45. The van der Waals surface area contributed by atoms with E-state index in [1.165, 1.54) is 18.2 Å². The van der Waals surface area contributed by atoms with E-state index in [0.29, 0.717) is 5.56 Å². The van der Waals surface area contributed by atoms with Crippen molar-refractivity contribution in [3.8, 4) is 0 Å². The van der Waals surface area contributed by atoms with Crippen LogP contribution in [0, 0.1) is 10.1 Å². The number of benzene rings is 1. The molecule has 1 unspecified atom stereocenters. The van der Waals surface area contributed by atoms with Crippen molar-refractivity contribution in [2.45, 2.75) is 6.04 Å². The smallest absolute Gasteiger partial charge is 0.269 e. The maximum atomic E-state index is 10.6. The Morgan fingerprint density at radius 3 is 2.88 bits per heavy atom. The zero-order chi connectivity index (χ0) is 12.1. The summed E-state index contributed by atoms with van der Waals surface area (Å²) in [4.78, 5) is 10.1. The number of aliphatic hydroxyl groups excluding tert-OH is 1. The van der Waals surface area contributed by atoms with Gasteiger partial charge in [0, 0.05) is 12.1 Å². The molecule has 1 rings (SSSR count). The molecule has 0 amide bonds. The quantitative estimate of drug-likeness (QED) is 0.402. The minimum Gasteiger partial charge on any atom is -0.394 e. The average Bonchev–Trinajstić information content (AvgIpc) is 2.25. The van der Waals surface area contributed by atoms with Crippen LogP contribution in [0.2, 0.25) is 0 Å². The fourth-order valence-electron chi connectivity index (χ4n) is 1.26. The summed E-state index contributed by atoms with van der Waals surface area (Å²) in [5, 5.41) is 22.4. The number of hydrogen-bond donors (Lipinski definition) is 3. The van der Waals surface area contributed by atoms with Crippen molar-refractivity contribution >= 4 is 23.0 Å². The van der Waals surface area contributed by atoms with Gasteiger partial charge < -0.3 is 16.2 Å². The Kier molecular flexibility index (Phi) is 4.15. The highest BCUT2D eigenvalue weighted by molar-refractivity contribution is 7.80. The Bertz CT molecular complexity index is 411. The second-order valence-electron chi connectivity index (χ2n) is 3.10. The van der Waals surface area contributed by atoms with Crippen LogP contribution in [0.15, 0.2) is 24.3 Å². The van der Waals surface area contributed by atoms with E-state index in [2.05, 4.69) is 17.5 Å². The molecule has 1 atom stereocenters. The van der Waals surface area contributed by atoms with Crippen LogP contribution in [0.25, 0.3) is 0 Å². The molecule has 0 bridgehead atoms. The Hall–Kier alpha value is -1.73. The van der Waals surface area contributed by atoms with Crippen LogP contribution in [-0.2, 0) is 0 Å². The number of thiocarbonyl (C=S) groups is 1. The van der Waals surface area contributed by atoms with E-state index in [9.17, 15) is 10.1 Å². The highest BCUT2D eigenvalue weighted by Crippen LogP contribution is 2.18. The molecule has 0 saturated carbocycles. The number of aliphatic hydroxyl groups is 1. The number of nitro groups is 1. The maximum Gasteiger partial charge on any atom is 0.269 e. The Balaban J connectivity index is 2.96. The third kappa shape index (κ3) is 3.14. The molecule has 0 fully saturated rings. The molecule has 0 radical (unpaired) electrons. The molecule has 7 heteroatoms. The normalized spacial score (nSPS) is 11.8. The standard InChI is InChI=1S/C9H11N3O3S/c10-9(16)11-8(5-13)6-2-1-3-7(4-6)12(14)15/h1-4,8,13H,5H2,(H3,10,11,16). The molecule has 6 nitrogen and oxygen atoms in total. The monoisotopic (exact) mass is 241 g/mol. The molecule has 1 aromatic rings. The van der Waals surface area contributed by atoms with Crippen LogP contribution in [0.5, 0.6) is 0 Å². The van der Waals surface area contributed by atoms with E-state index >= 15 is 0 Å². The van der Waals surface area contributed by atoms with E-state index in [1.54, 1.807) is 6.07 Å². The third-order valence-electron chi connectivity index (χ3n) is 1.98. The SMILES string of the molecule is NC(=S)NC(CO)c1cccc([N+](=O)[O-])c1. The molecule has 0 spiro atoms. The van der Waals surface area contributed by atoms with Gasteiger partial charge >= 0.3 is 0 Å². The van der Waals surface area contributed by atoms with Crippen molar-refractivity contribution in [3.63, 3.8) is 0 Å². The predicted molar refractivity (Wildman–Crippen MR) is 62.8 cm³/mol. The lowest BCUT2D eigenvalue weighted by molar-refractivity contribution is -0.384. The van der Waals surface area contributed by atoms with Gasteiger partial charge in [-0.3, -0.25) is 10.1 Å². The van der Waals surface area contributed by atoms with E-state index in [1.807, 2.05) is 0 Å². The van der Waals surface area contributed by atoms with Crippen molar-refractivity contribution in [1.82, 2.24) is 5.32 Å². The minimum atomic E-state index is -0.530. The van der Waals surface area contributed by atoms with Crippen LogP contribution in [0.4, 0.5) is 5.69 Å². The lowest BCUT2D eigenvalue weighted by Crippen LogP contribution is -2.34. The minimum absolute atomic E-state index is 0.0329. The molecular formula is C9H11N3O3S. The Morgan fingerprint density at radius 1 is 1.69 bits per heavy atom. The summed E-state index contributed by atoms with van der Waals surface area (Å²) in [7, 11) is 0. The molecule has 0 aromatic heterocycles. The van der Waals surface area contributed by atoms with Gasteiger partial charge in [0.1, 0.15) is 0 Å². The largest absolute Gasteiger partial charge is 0.394 e. The molecule has 4 N–H and O–H groups in total. The number of nitrogens with one attached hydrogen (secondary N) is 1. The van der Waals surface area contributed by atoms with Crippen molar-refractivity contribution in [2.75, 3.05) is 6.61 Å². The summed E-state index contributed by atoms with van der Waals surface area (Å²) in [5.41, 5.74) is 5.80. The van der Waals surface area contributed by atoms with Gasteiger partial charge in [0.05, 0.1) is 17.6 Å². The zero-order valence-corrected chi connectivity index (χ0v) is 9.11. The number of rotatable bonds is 4.